The summed E-state index contributed by atoms with van der Waals surface area (Å²) >= 11 is 0. The van der Waals surface area contributed by atoms with Crippen LogP contribution in [0, 0.1) is 0 Å². The van der Waals surface area contributed by atoms with E-state index in [1.807, 2.05) is 91.0 Å². The van der Waals surface area contributed by atoms with Gasteiger partial charge in [0, 0.05) is 0 Å². The Kier molecular flexibility index (Phi) is 8.60. The summed E-state index contributed by atoms with van der Waals surface area (Å²) in [4.78, 5) is 0. The summed E-state index contributed by atoms with van der Waals surface area (Å²) in [5.41, 5.74) is 2.95. The fraction of sp³-hybridized carbons (Fsp3) is 0.333. The van der Waals surface area contributed by atoms with Crippen molar-refractivity contribution in [3.05, 3.63) is 108 Å². The van der Waals surface area contributed by atoms with Gasteiger partial charge in [-0.25, -0.2) is 0 Å². The Bertz CT molecular complexity index is 937. The summed E-state index contributed by atoms with van der Waals surface area (Å²) in [5.74, 6) is 0. The molecule has 0 saturated carbocycles. The second-order valence-electron chi connectivity index (χ2n) is 8.03. The Morgan fingerprint density at radius 3 is 1.39 bits per heavy atom. The highest BCUT2D eigenvalue weighted by atomic mass is 16.7. The molecule has 1 aliphatic heterocycles. The van der Waals surface area contributed by atoms with E-state index in [2.05, 4.69) is 0 Å². The van der Waals surface area contributed by atoms with Gasteiger partial charge in [0.25, 0.3) is 0 Å². The number of hydrogen-bond donors (Lipinski definition) is 2. The minimum atomic E-state index is -1.26. The van der Waals surface area contributed by atoms with Crippen LogP contribution in [0.15, 0.2) is 91.0 Å². The maximum Gasteiger partial charge on any atom is 0.184 e. The Balaban J connectivity index is 1.53. The van der Waals surface area contributed by atoms with Gasteiger partial charge in [-0.05, 0) is 16.7 Å². The van der Waals surface area contributed by atoms with Crippen LogP contribution in [0.2, 0.25) is 0 Å². The second-order valence-corrected chi connectivity index (χ2v) is 8.03. The van der Waals surface area contributed by atoms with E-state index in [0.717, 1.165) is 16.7 Å². The average Bonchev–Trinajstić information content (AvgIpc) is 2.87. The molecule has 0 unspecified atom stereocenters. The third-order valence-corrected chi connectivity index (χ3v) is 5.65. The molecule has 1 heterocycles. The van der Waals surface area contributed by atoms with Crippen LogP contribution in [0.1, 0.15) is 16.7 Å². The van der Waals surface area contributed by atoms with Crippen LogP contribution >= 0.6 is 0 Å². The first-order valence-corrected chi connectivity index (χ1v) is 11.2. The molecule has 0 amide bonds. The number of benzene rings is 3. The number of aliphatic hydroxyl groups is 2. The molecule has 1 aliphatic rings. The van der Waals surface area contributed by atoms with Crippen LogP contribution in [0.5, 0.6) is 0 Å². The highest BCUT2D eigenvalue weighted by Gasteiger charge is 2.47. The minimum Gasteiger partial charge on any atom is -0.394 e. The maximum absolute atomic E-state index is 10.7. The fourth-order valence-corrected chi connectivity index (χ4v) is 3.91. The zero-order valence-corrected chi connectivity index (χ0v) is 18.4. The monoisotopic (exact) mass is 450 g/mol. The van der Waals surface area contributed by atoms with Crippen LogP contribution in [0.25, 0.3) is 0 Å². The van der Waals surface area contributed by atoms with Gasteiger partial charge < -0.3 is 29.2 Å². The Morgan fingerprint density at radius 2 is 0.970 bits per heavy atom. The van der Waals surface area contributed by atoms with E-state index in [0.29, 0.717) is 13.2 Å². The van der Waals surface area contributed by atoms with Crippen molar-refractivity contribution < 1.29 is 29.2 Å². The number of aliphatic hydroxyl groups excluding tert-OH is 2. The first-order chi connectivity index (χ1) is 16.2. The molecule has 174 valence electrons. The lowest BCUT2D eigenvalue weighted by Crippen LogP contribution is -2.61. The van der Waals surface area contributed by atoms with Crippen molar-refractivity contribution in [1.29, 1.82) is 0 Å². The smallest absolute Gasteiger partial charge is 0.184 e. The molecule has 3 aromatic carbocycles. The Morgan fingerprint density at radius 1 is 0.576 bits per heavy atom. The normalized spacial score (nSPS) is 25.1. The van der Waals surface area contributed by atoms with Crippen molar-refractivity contribution in [2.24, 2.45) is 0 Å². The van der Waals surface area contributed by atoms with Gasteiger partial charge in [0.05, 0.1) is 26.4 Å². The maximum atomic E-state index is 10.7. The molecule has 6 heteroatoms. The van der Waals surface area contributed by atoms with E-state index < -0.39 is 30.7 Å². The van der Waals surface area contributed by atoms with Crippen LogP contribution in [0.4, 0.5) is 0 Å². The van der Waals surface area contributed by atoms with Crippen molar-refractivity contribution in [3.8, 4) is 0 Å². The lowest BCUT2D eigenvalue weighted by atomic mass is 9.98. The van der Waals surface area contributed by atoms with Crippen LogP contribution in [-0.2, 0) is 38.8 Å². The molecule has 1 fully saturated rings. The van der Waals surface area contributed by atoms with Gasteiger partial charge in [-0.3, -0.25) is 0 Å². The number of ether oxygens (including phenoxy) is 4. The van der Waals surface area contributed by atoms with Gasteiger partial charge in [0.1, 0.15) is 24.4 Å². The minimum absolute atomic E-state index is 0.284. The van der Waals surface area contributed by atoms with Crippen LogP contribution in [-0.4, -0.2) is 47.5 Å². The van der Waals surface area contributed by atoms with Crippen LogP contribution < -0.4 is 0 Å². The molecule has 0 spiro atoms. The Labute approximate surface area is 194 Å². The predicted octanol–water partition coefficient (Wildman–Crippen LogP) is 3.45. The third kappa shape index (κ3) is 6.48. The number of rotatable bonds is 10. The predicted molar refractivity (Wildman–Crippen MR) is 123 cm³/mol. The molecule has 1 saturated heterocycles. The van der Waals surface area contributed by atoms with Crippen molar-refractivity contribution in [2.75, 3.05) is 6.61 Å². The van der Waals surface area contributed by atoms with Gasteiger partial charge in [-0.1, -0.05) is 91.0 Å². The SMILES string of the molecule is OC[C@@H]1O[C@H](O)[C@H](OCc2ccccc2)[C@@H](OCc2ccccc2)[C@H]1OCc1ccccc1. The van der Waals surface area contributed by atoms with Crippen molar-refractivity contribution >= 4 is 0 Å². The summed E-state index contributed by atoms with van der Waals surface area (Å²) in [5, 5.41) is 20.7. The van der Waals surface area contributed by atoms with E-state index >= 15 is 0 Å². The molecule has 4 rings (SSSR count). The van der Waals surface area contributed by atoms with Crippen molar-refractivity contribution in [3.63, 3.8) is 0 Å². The highest BCUT2D eigenvalue weighted by molar-refractivity contribution is 5.15. The molecule has 6 nitrogen and oxygen atoms in total. The molecule has 33 heavy (non-hydrogen) atoms. The molecule has 5 atom stereocenters. The van der Waals surface area contributed by atoms with Crippen molar-refractivity contribution in [2.45, 2.75) is 50.5 Å². The van der Waals surface area contributed by atoms with Gasteiger partial charge >= 0.3 is 0 Å². The van der Waals surface area contributed by atoms with Crippen LogP contribution in [0.3, 0.4) is 0 Å². The molecule has 3 aromatic rings. The third-order valence-electron chi connectivity index (χ3n) is 5.65. The van der Waals surface area contributed by atoms with Crippen molar-refractivity contribution in [1.82, 2.24) is 0 Å². The largest absolute Gasteiger partial charge is 0.394 e. The van der Waals surface area contributed by atoms with E-state index in [-0.39, 0.29) is 13.2 Å². The van der Waals surface area contributed by atoms with E-state index in [4.69, 9.17) is 18.9 Å². The van der Waals surface area contributed by atoms with E-state index in [9.17, 15) is 10.2 Å². The zero-order valence-electron chi connectivity index (χ0n) is 18.4. The Hall–Kier alpha value is -2.58. The van der Waals surface area contributed by atoms with E-state index in [1.165, 1.54) is 0 Å². The molecule has 0 bridgehead atoms. The summed E-state index contributed by atoms with van der Waals surface area (Å²) in [6.07, 6.45) is -4.09. The molecule has 0 aliphatic carbocycles. The topological polar surface area (TPSA) is 77.4 Å². The molecule has 2 N–H and O–H groups in total. The fourth-order valence-electron chi connectivity index (χ4n) is 3.91. The quantitative estimate of drug-likeness (QED) is 0.493. The average molecular weight is 451 g/mol. The molecular weight excluding hydrogens is 420 g/mol. The van der Waals surface area contributed by atoms with E-state index in [1.54, 1.807) is 0 Å². The number of hydrogen-bond acceptors (Lipinski definition) is 6. The van der Waals surface area contributed by atoms with Gasteiger partial charge in [-0.2, -0.15) is 0 Å². The summed E-state index contributed by atoms with van der Waals surface area (Å²) in [6, 6.07) is 29.3. The summed E-state index contributed by atoms with van der Waals surface area (Å²) < 4.78 is 24.3. The van der Waals surface area contributed by atoms with Gasteiger partial charge in [0.15, 0.2) is 6.29 Å². The second kappa shape index (κ2) is 12.0. The highest BCUT2D eigenvalue weighted by Crippen LogP contribution is 2.29. The van der Waals surface area contributed by atoms with Gasteiger partial charge in [-0.15, -0.1) is 0 Å². The molecular formula is C27H30O6. The molecule has 0 radical (unpaired) electrons. The standard InChI is InChI=1S/C27H30O6/c28-16-23-24(30-17-20-10-4-1-5-11-20)25(31-18-21-12-6-2-7-13-21)26(27(29)33-23)32-19-22-14-8-3-9-15-22/h1-15,23-29H,16-19H2/t23-,24-,25-,26+,27-/m0/s1. The molecule has 0 aromatic heterocycles. The lowest BCUT2D eigenvalue weighted by Gasteiger charge is -2.44. The van der Waals surface area contributed by atoms with Gasteiger partial charge in [0.2, 0.25) is 0 Å². The zero-order chi connectivity index (χ0) is 22.9. The first kappa shape index (κ1) is 23.6. The summed E-state index contributed by atoms with van der Waals surface area (Å²) in [6.45, 7) is 0.601. The summed E-state index contributed by atoms with van der Waals surface area (Å²) in [7, 11) is 0. The first-order valence-electron chi connectivity index (χ1n) is 11.2. The lowest BCUT2D eigenvalue weighted by molar-refractivity contribution is -0.315.